The van der Waals surface area contributed by atoms with Gasteiger partial charge in [0.1, 0.15) is 10.6 Å². The van der Waals surface area contributed by atoms with Gasteiger partial charge in [0.05, 0.1) is 5.69 Å². The van der Waals surface area contributed by atoms with Crippen molar-refractivity contribution in [2.24, 2.45) is 0 Å². The van der Waals surface area contributed by atoms with E-state index in [1.807, 2.05) is 18.4 Å². The fraction of sp³-hybridized carbons (Fsp3) is 0.824. The predicted molar refractivity (Wildman–Crippen MR) is 88.1 cm³/mol. The van der Waals surface area contributed by atoms with Crippen molar-refractivity contribution in [3.05, 3.63) is 15.6 Å². The zero-order valence-corrected chi connectivity index (χ0v) is 14.2. The number of hydrogen-bond acceptors (Lipinski definition) is 4. The third kappa shape index (κ3) is 3.03. The monoisotopic (exact) mass is 308 g/mol. The van der Waals surface area contributed by atoms with Gasteiger partial charge in [-0.3, -0.25) is 0 Å². The lowest BCUT2D eigenvalue weighted by Crippen LogP contribution is -2.31. The molecule has 21 heavy (non-hydrogen) atoms. The average molecular weight is 308 g/mol. The molecule has 1 heterocycles. The molecule has 0 aliphatic heterocycles. The summed E-state index contributed by atoms with van der Waals surface area (Å²) in [7, 11) is 1.88. The van der Waals surface area contributed by atoms with Crippen LogP contribution in [0.15, 0.2) is 0 Å². The summed E-state index contributed by atoms with van der Waals surface area (Å²) in [5.41, 5.74) is 1.30. The molecule has 1 aromatic rings. The third-order valence-corrected chi connectivity index (χ3v) is 6.47. The molecule has 0 aromatic carbocycles. The largest absolute Gasteiger partial charge is 0.371 e. The number of aryl methyl sites for hydroxylation is 1. The minimum Gasteiger partial charge on any atom is -0.371 e. The Morgan fingerprint density at radius 1 is 1.29 bits per heavy atom. The maximum absolute atomic E-state index is 5.99. The first-order chi connectivity index (χ1) is 10.3. The lowest BCUT2D eigenvalue weighted by molar-refractivity contribution is -0.0447. The zero-order chi connectivity index (χ0) is 14.7. The second-order valence-corrected chi connectivity index (χ2v) is 7.57. The Bertz CT molecular complexity index is 465. The van der Waals surface area contributed by atoms with Crippen LogP contribution in [0.3, 0.4) is 0 Å². The molecule has 1 saturated carbocycles. The van der Waals surface area contributed by atoms with Crippen molar-refractivity contribution in [1.82, 2.24) is 10.3 Å². The van der Waals surface area contributed by atoms with Gasteiger partial charge in [0.15, 0.2) is 0 Å². The van der Waals surface area contributed by atoms with E-state index in [0.29, 0.717) is 5.92 Å². The summed E-state index contributed by atoms with van der Waals surface area (Å²) in [5.74, 6) is 0.608. The van der Waals surface area contributed by atoms with E-state index in [1.54, 1.807) is 0 Å². The number of likely N-dealkylation sites (N-methyl/N-ethyl adjacent to an activating group) is 1. The summed E-state index contributed by atoms with van der Waals surface area (Å²) >= 11 is 1.94. The molecule has 0 amide bonds. The molecule has 0 radical (unpaired) electrons. The summed E-state index contributed by atoms with van der Waals surface area (Å²) in [4.78, 5) is 6.63. The highest BCUT2D eigenvalue weighted by Gasteiger charge is 2.38. The fourth-order valence-corrected chi connectivity index (χ4v) is 5.26. The standard InChI is InChI=1S/C17H28N2OS/c1-3-18-12-13-8-7-9-14-15(13)19-16(21-14)17(20-2)10-5-4-6-11-17/h13,18H,3-12H2,1-2H3. The number of thiazole rings is 1. The van der Waals surface area contributed by atoms with Crippen molar-refractivity contribution >= 4 is 11.3 Å². The van der Waals surface area contributed by atoms with Gasteiger partial charge >= 0.3 is 0 Å². The number of ether oxygens (including phenoxy) is 1. The number of hydrogen-bond donors (Lipinski definition) is 1. The highest BCUT2D eigenvalue weighted by molar-refractivity contribution is 7.11. The molecule has 3 nitrogen and oxygen atoms in total. The van der Waals surface area contributed by atoms with E-state index in [-0.39, 0.29) is 5.60 Å². The maximum atomic E-state index is 5.99. The van der Waals surface area contributed by atoms with Gasteiger partial charge in [0.25, 0.3) is 0 Å². The van der Waals surface area contributed by atoms with Gasteiger partial charge in [0, 0.05) is 24.4 Å². The molecule has 2 aliphatic rings. The van der Waals surface area contributed by atoms with Gasteiger partial charge < -0.3 is 10.1 Å². The molecule has 1 aromatic heterocycles. The first-order valence-electron chi connectivity index (χ1n) is 8.55. The summed E-state index contributed by atoms with van der Waals surface area (Å²) < 4.78 is 5.99. The average Bonchev–Trinajstić information content (AvgIpc) is 2.99. The van der Waals surface area contributed by atoms with Crippen LogP contribution < -0.4 is 5.32 Å². The van der Waals surface area contributed by atoms with Crippen molar-refractivity contribution in [1.29, 1.82) is 0 Å². The van der Waals surface area contributed by atoms with Gasteiger partial charge in [-0.1, -0.05) is 26.2 Å². The first kappa shape index (κ1) is 15.4. The molecule has 2 aliphatic carbocycles. The van der Waals surface area contributed by atoms with Crippen LogP contribution in [0, 0.1) is 0 Å². The minimum absolute atomic E-state index is 0.0804. The van der Waals surface area contributed by atoms with E-state index in [1.165, 1.54) is 54.1 Å². The van der Waals surface area contributed by atoms with Crippen molar-refractivity contribution in [3.63, 3.8) is 0 Å². The van der Waals surface area contributed by atoms with Gasteiger partial charge in [-0.15, -0.1) is 11.3 Å². The fourth-order valence-electron chi connectivity index (χ4n) is 3.85. The number of fused-ring (bicyclic) bond motifs is 1. The highest BCUT2D eigenvalue weighted by Crippen LogP contribution is 2.45. The van der Waals surface area contributed by atoms with Gasteiger partial charge in [-0.05, 0) is 38.6 Å². The number of nitrogens with zero attached hydrogens (tertiary/aromatic N) is 1. The van der Waals surface area contributed by atoms with Crippen LogP contribution in [0.2, 0.25) is 0 Å². The molecule has 0 saturated heterocycles. The van der Waals surface area contributed by atoms with Gasteiger partial charge in [-0.2, -0.15) is 0 Å². The topological polar surface area (TPSA) is 34.1 Å². The molecule has 1 fully saturated rings. The summed E-state index contributed by atoms with van der Waals surface area (Å²) in [6.07, 6.45) is 10.0. The van der Waals surface area contributed by atoms with Gasteiger partial charge in [0.2, 0.25) is 0 Å². The van der Waals surface area contributed by atoms with E-state index in [2.05, 4.69) is 12.2 Å². The van der Waals surface area contributed by atoms with Crippen molar-refractivity contribution in [2.45, 2.75) is 69.8 Å². The van der Waals surface area contributed by atoms with Gasteiger partial charge in [-0.25, -0.2) is 4.98 Å². The zero-order valence-electron chi connectivity index (χ0n) is 13.4. The number of nitrogens with one attached hydrogen (secondary N) is 1. The second kappa shape index (κ2) is 6.76. The highest BCUT2D eigenvalue weighted by atomic mass is 32.1. The Balaban J connectivity index is 1.86. The molecule has 3 rings (SSSR count). The summed E-state index contributed by atoms with van der Waals surface area (Å²) in [6, 6.07) is 0. The van der Waals surface area contributed by atoms with Crippen molar-refractivity contribution in [2.75, 3.05) is 20.2 Å². The van der Waals surface area contributed by atoms with E-state index >= 15 is 0 Å². The molecule has 0 spiro atoms. The van der Waals surface area contributed by atoms with E-state index in [0.717, 1.165) is 25.9 Å². The number of rotatable bonds is 5. The van der Waals surface area contributed by atoms with E-state index < -0.39 is 0 Å². The Morgan fingerprint density at radius 3 is 2.81 bits per heavy atom. The molecule has 1 atom stereocenters. The van der Waals surface area contributed by atoms with Crippen LogP contribution in [-0.2, 0) is 16.8 Å². The lowest BCUT2D eigenvalue weighted by atomic mass is 9.85. The Morgan fingerprint density at radius 2 is 2.10 bits per heavy atom. The van der Waals surface area contributed by atoms with Crippen LogP contribution in [0.5, 0.6) is 0 Å². The quantitative estimate of drug-likeness (QED) is 0.893. The minimum atomic E-state index is -0.0804. The Labute approximate surface area is 132 Å². The van der Waals surface area contributed by atoms with Crippen LogP contribution in [0.1, 0.15) is 73.4 Å². The van der Waals surface area contributed by atoms with Crippen molar-refractivity contribution in [3.8, 4) is 0 Å². The van der Waals surface area contributed by atoms with Crippen LogP contribution in [0.4, 0.5) is 0 Å². The van der Waals surface area contributed by atoms with Crippen LogP contribution in [0.25, 0.3) is 0 Å². The third-order valence-electron chi connectivity index (χ3n) is 5.15. The molecule has 1 unspecified atom stereocenters. The van der Waals surface area contributed by atoms with Crippen LogP contribution in [-0.4, -0.2) is 25.2 Å². The predicted octanol–water partition coefficient (Wildman–Crippen LogP) is 3.98. The SMILES string of the molecule is CCNCC1CCCc2sc(C3(OC)CCCCC3)nc21. The van der Waals surface area contributed by atoms with Crippen molar-refractivity contribution < 1.29 is 4.74 Å². The normalized spacial score (nSPS) is 24.8. The molecular weight excluding hydrogens is 280 g/mol. The molecule has 118 valence electrons. The Kier molecular flexibility index (Phi) is 4.97. The number of aromatic nitrogens is 1. The lowest BCUT2D eigenvalue weighted by Gasteiger charge is -2.34. The van der Waals surface area contributed by atoms with E-state index in [9.17, 15) is 0 Å². The number of methoxy groups -OCH3 is 1. The summed E-state index contributed by atoms with van der Waals surface area (Å²) in [5, 5.41) is 4.77. The second-order valence-electron chi connectivity index (χ2n) is 6.48. The smallest absolute Gasteiger partial charge is 0.125 e. The molecular formula is C17H28N2OS. The van der Waals surface area contributed by atoms with Crippen LogP contribution >= 0.6 is 11.3 Å². The Hall–Kier alpha value is -0.450. The maximum Gasteiger partial charge on any atom is 0.125 e. The molecule has 4 heteroatoms. The van der Waals surface area contributed by atoms with E-state index in [4.69, 9.17) is 9.72 Å². The first-order valence-corrected chi connectivity index (χ1v) is 9.36. The summed E-state index contributed by atoms with van der Waals surface area (Å²) in [6.45, 7) is 4.30. The molecule has 1 N–H and O–H groups in total. The molecule has 0 bridgehead atoms.